The van der Waals surface area contributed by atoms with Crippen molar-refractivity contribution >= 4 is 23.0 Å². The Kier molecular flexibility index (Phi) is 8.48. The largest absolute Gasteiger partial charge is 0.399 e. The molecule has 152 valence electrons. The highest BCUT2D eigenvalue weighted by atomic mass is 15.2. The average Bonchev–Trinajstić information content (AvgIpc) is 2.76. The Balaban J connectivity index is 2.22. The number of nitrogens with two attached hydrogens (primary N) is 1. The summed E-state index contributed by atoms with van der Waals surface area (Å²) >= 11 is 0. The van der Waals surface area contributed by atoms with E-state index in [1.54, 1.807) is 42.5 Å². The van der Waals surface area contributed by atoms with E-state index in [0.29, 0.717) is 40.1 Å². The highest BCUT2D eigenvalue weighted by Crippen LogP contribution is 2.30. The number of benzene rings is 1. The molecule has 0 amide bonds. The maximum Gasteiger partial charge on any atom is 0.230 e. The molecule has 0 fully saturated rings. The molecule has 0 aliphatic rings. The summed E-state index contributed by atoms with van der Waals surface area (Å²) in [7, 11) is 0. The zero-order valence-electron chi connectivity index (χ0n) is 16.9. The summed E-state index contributed by atoms with van der Waals surface area (Å²) in [5, 5.41) is 19.8. The number of aromatic nitrogens is 3. The number of anilines is 3. The topological polar surface area (TPSA) is 126 Å². The van der Waals surface area contributed by atoms with Crippen LogP contribution in [0.2, 0.25) is 0 Å². The van der Waals surface area contributed by atoms with Crippen molar-refractivity contribution in [1.29, 1.82) is 0 Å². The Labute approximate surface area is 175 Å². The van der Waals surface area contributed by atoms with Crippen LogP contribution in [0.3, 0.4) is 0 Å². The van der Waals surface area contributed by atoms with Gasteiger partial charge in [0, 0.05) is 5.69 Å². The molecule has 1 aromatic heterocycles. The predicted molar refractivity (Wildman–Crippen MR) is 119 cm³/mol. The molecule has 2 aromatic rings. The predicted octanol–water partition coefficient (Wildman–Crippen LogP) is 5.80. The lowest BCUT2D eigenvalue weighted by atomic mass is 10.2. The van der Waals surface area contributed by atoms with Crippen molar-refractivity contribution in [2.24, 2.45) is 20.5 Å². The maximum atomic E-state index is 5.88. The summed E-state index contributed by atoms with van der Waals surface area (Å²) in [6, 6.07) is 5.19. The lowest BCUT2D eigenvalue weighted by molar-refractivity contribution is 1.05. The van der Waals surface area contributed by atoms with Gasteiger partial charge in [0.1, 0.15) is 18.3 Å². The van der Waals surface area contributed by atoms with E-state index in [9.17, 15) is 0 Å². The van der Waals surface area contributed by atoms with Crippen molar-refractivity contribution in [3.05, 3.63) is 91.5 Å². The third kappa shape index (κ3) is 7.04. The first-order valence-electron chi connectivity index (χ1n) is 8.97. The summed E-state index contributed by atoms with van der Waals surface area (Å²) < 4.78 is 0. The minimum absolute atomic E-state index is 0.371. The van der Waals surface area contributed by atoms with Gasteiger partial charge in [-0.2, -0.15) is 15.3 Å². The van der Waals surface area contributed by atoms with Gasteiger partial charge in [0.15, 0.2) is 0 Å². The van der Waals surface area contributed by atoms with Gasteiger partial charge >= 0.3 is 0 Å². The number of nitrogens with one attached hydrogen (secondary N) is 1. The standard InChI is InChI=1S/C21H23N9/c1-5-17(6-2)28-27-15(4)8-10-18(7-3)29-30-19-11-9-16(22)12-20(19)26-21-24-13-23-14-25-21/h5-14H,1,3,22H2,2,4H3,(H,23,24,25,26)/b15-8+,17-6+,18-10+,28-27?,30-29?. The molecule has 0 spiro atoms. The van der Waals surface area contributed by atoms with Gasteiger partial charge < -0.3 is 11.1 Å². The molecule has 0 saturated carbocycles. The molecule has 30 heavy (non-hydrogen) atoms. The van der Waals surface area contributed by atoms with Crippen molar-refractivity contribution in [1.82, 2.24) is 15.0 Å². The Morgan fingerprint density at radius 3 is 2.43 bits per heavy atom. The van der Waals surface area contributed by atoms with Gasteiger partial charge in [-0.25, -0.2) is 15.0 Å². The summed E-state index contributed by atoms with van der Waals surface area (Å²) in [6.07, 6.45) is 11.3. The van der Waals surface area contributed by atoms with Crippen LogP contribution in [-0.2, 0) is 0 Å². The van der Waals surface area contributed by atoms with E-state index in [-0.39, 0.29) is 0 Å². The molecule has 9 nitrogen and oxygen atoms in total. The zero-order chi connectivity index (χ0) is 21.8. The van der Waals surface area contributed by atoms with Crippen LogP contribution < -0.4 is 11.1 Å². The van der Waals surface area contributed by atoms with E-state index in [0.717, 1.165) is 0 Å². The van der Waals surface area contributed by atoms with Gasteiger partial charge in [-0.15, -0.1) is 5.11 Å². The van der Waals surface area contributed by atoms with E-state index in [2.05, 4.69) is 53.9 Å². The molecular formula is C21H23N9. The first kappa shape index (κ1) is 22.0. The van der Waals surface area contributed by atoms with Gasteiger partial charge in [0.2, 0.25) is 5.95 Å². The van der Waals surface area contributed by atoms with Gasteiger partial charge in [-0.1, -0.05) is 19.2 Å². The van der Waals surface area contributed by atoms with Crippen molar-refractivity contribution in [2.75, 3.05) is 11.1 Å². The molecule has 2 rings (SSSR count). The fourth-order valence-electron chi connectivity index (χ4n) is 2.01. The smallest absolute Gasteiger partial charge is 0.230 e. The fraction of sp³-hybridized carbons (Fsp3) is 0.0952. The number of nitrogen functional groups attached to an aromatic ring is 1. The van der Waals surface area contributed by atoms with Crippen LogP contribution in [-0.4, -0.2) is 15.0 Å². The molecule has 0 unspecified atom stereocenters. The molecular weight excluding hydrogens is 378 g/mol. The fourth-order valence-corrected chi connectivity index (χ4v) is 2.01. The Morgan fingerprint density at radius 2 is 1.77 bits per heavy atom. The second-order valence-corrected chi connectivity index (χ2v) is 5.78. The first-order chi connectivity index (χ1) is 14.5. The Hall–Kier alpha value is -4.27. The zero-order valence-corrected chi connectivity index (χ0v) is 16.9. The number of nitrogens with zero attached hydrogens (tertiary/aromatic N) is 7. The second-order valence-electron chi connectivity index (χ2n) is 5.78. The minimum Gasteiger partial charge on any atom is -0.399 e. The van der Waals surface area contributed by atoms with Gasteiger partial charge in [-0.3, -0.25) is 0 Å². The molecule has 1 heterocycles. The molecule has 0 atom stereocenters. The van der Waals surface area contributed by atoms with Crippen LogP contribution in [0.4, 0.5) is 23.0 Å². The molecule has 1 aromatic carbocycles. The van der Waals surface area contributed by atoms with E-state index >= 15 is 0 Å². The van der Waals surface area contributed by atoms with Gasteiger partial charge in [0.25, 0.3) is 0 Å². The molecule has 3 N–H and O–H groups in total. The minimum atomic E-state index is 0.371. The molecule has 0 aliphatic heterocycles. The molecule has 9 heteroatoms. The van der Waals surface area contributed by atoms with Crippen LogP contribution in [0, 0.1) is 0 Å². The lowest BCUT2D eigenvalue weighted by Gasteiger charge is -2.07. The van der Waals surface area contributed by atoms with Gasteiger partial charge in [0.05, 0.1) is 22.8 Å². The molecule has 0 radical (unpaired) electrons. The molecule has 0 bridgehead atoms. The van der Waals surface area contributed by atoms with Crippen LogP contribution in [0.15, 0.2) is 112 Å². The van der Waals surface area contributed by atoms with Crippen molar-refractivity contribution in [3.63, 3.8) is 0 Å². The van der Waals surface area contributed by atoms with Crippen molar-refractivity contribution < 1.29 is 0 Å². The second kappa shape index (κ2) is 11.5. The van der Waals surface area contributed by atoms with Gasteiger partial charge in [-0.05, 0) is 56.4 Å². The highest BCUT2D eigenvalue weighted by Gasteiger charge is 2.05. The summed E-state index contributed by atoms with van der Waals surface area (Å²) in [5.41, 5.74) is 9.54. The van der Waals surface area contributed by atoms with Crippen LogP contribution >= 0.6 is 0 Å². The SMILES string of the molecule is C=C/C(=C\C)N=N/C(C)=C/C=C(\C=C)N=Nc1ccc(N)cc1Nc1ncncn1. The normalized spacial score (nSPS) is 13.1. The summed E-state index contributed by atoms with van der Waals surface area (Å²) in [4.78, 5) is 11.9. The summed E-state index contributed by atoms with van der Waals surface area (Å²) in [5.74, 6) is 0.371. The van der Waals surface area contributed by atoms with E-state index in [1.807, 2.05) is 19.9 Å². The Morgan fingerprint density at radius 1 is 1.03 bits per heavy atom. The highest BCUT2D eigenvalue weighted by molar-refractivity contribution is 5.73. The average molecular weight is 401 g/mol. The number of hydrogen-bond acceptors (Lipinski definition) is 9. The summed E-state index contributed by atoms with van der Waals surface area (Å²) in [6.45, 7) is 11.1. The number of allylic oxidation sites excluding steroid dienone is 6. The monoisotopic (exact) mass is 401 g/mol. The van der Waals surface area contributed by atoms with Crippen LogP contribution in [0.5, 0.6) is 0 Å². The lowest BCUT2D eigenvalue weighted by Crippen LogP contribution is -1.98. The molecule has 0 saturated heterocycles. The van der Waals surface area contributed by atoms with E-state index in [4.69, 9.17) is 5.73 Å². The quantitative estimate of drug-likeness (QED) is 0.312. The maximum absolute atomic E-state index is 5.88. The van der Waals surface area contributed by atoms with Crippen molar-refractivity contribution in [3.8, 4) is 0 Å². The number of azo groups is 2. The number of rotatable bonds is 9. The first-order valence-corrected chi connectivity index (χ1v) is 8.97. The van der Waals surface area contributed by atoms with Crippen LogP contribution in [0.25, 0.3) is 0 Å². The van der Waals surface area contributed by atoms with Crippen LogP contribution in [0.1, 0.15) is 13.8 Å². The van der Waals surface area contributed by atoms with Crippen molar-refractivity contribution in [2.45, 2.75) is 13.8 Å². The Bertz CT molecular complexity index is 1030. The molecule has 0 aliphatic carbocycles. The third-order valence-electron chi connectivity index (χ3n) is 3.57. The third-order valence-corrected chi connectivity index (χ3v) is 3.57. The van der Waals surface area contributed by atoms with E-state index < -0.39 is 0 Å². The number of hydrogen-bond donors (Lipinski definition) is 2. The van der Waals surface area contributed by atoms with E-state index in [1.165, 1.54) is 12.7 Å².